The van der Waals surface area contributed by atoms with Crippen molar-refractivity contribution < 1.29 is 25.2 Å². The minimum Gasteiger partial charge on any atom is -0.394 e. The third-order valence-electron chi connectivity index (χ3n) is 8.88. The highest BCUT2D eigenvalue weighted by atomic mass is 16.3. The van der Waals surface area contributed by atoms with Crippen LogP contribution in [-0.4, -0.2) is 57.3 Å². The van der Waals surface area contributed by atoms with Crippen LogP contribution >= 0.6 is 0 Å². The summed E-state index contributed by atoms with van der Waals surface area (Å²) in [4.78, 5) is 12.4. The molecule has 1 amide bonds. The fraction of sp³-hybridized carbons (Fsp3) is 0.872. The summed E-state index contributed by atoms with van der Waals surface area (Å²) in [6.45, 7) is 4.00. The van der Waals surface area contributed by atoms with Crippen LogP contribution in [0.3, 0.4) is 0 Å². The van der Waals surface area contributed by atoms with Crippen molar-refractivity contribution in [2.45, 2.75) is 212 Å². The molecule has 0 fully saturated rings. The van der Waals surface area contributed by atoms with Crippen LogP contribution < -0.4 is 5.32 Å². The molecule has 4 atom stereocenters. The number of unbranched alkanes of at least 4 members (excludes halogenated alkanes) is 21. The first-order valence-electron chi connectivity index (χ1n) is 19.2. The molecule has 4 unspecified atom stereocenters. The second kappa shape index (κ2) is 34.1. The Kier molecular flexibility index (Phi) is 33.2. The van der Waals surface area contributed by atoms with Crippen molar-refractivity contribution in [3.05, 3.63) is 24.3 Å². The minimum atomic E-state index is -1.28. The van der Waals surface area contributed by atoms with E-state index >= 15 is 0 Å². The molecule has 0 rings (SSSR count). The van der Waals surface area contributed by atoms with E-state index in [-0.39, 0.29) is 0 Å². The Morgan fingerprint density at radius 2 is 0.911 bits per heavy atom. The average Bonchev–Trinajstić information content (AvgIpc) is 3.04. The van der Waals surface area contributed by atoms with Crippen molar-refractivity contribution in [1.29, 1.82) is 0 Å². The van der Waals surface area contributed by atoms with E-state index in [0.717, 1.165) is 44.9 Å². The Bertz CT molecular complexity index is 682. The van der Waals surface area contributed by atoms with Gasteiger partial charge < -0.3 is 25.7 Å². The normalized spacial score (nSPS) is 14.7. The number of rotatable bonds is 34. The van der Waals surface area contributed by atoms with Gasteiger partial charge in [-0.05, 0) is 64.2 Å². The lowest BCUT2D eigenvalue weighted by molar-refractivity contribution is -0.132. The van der Waals surface area contributed by atoms with E-state index in [1.54, 1.807) is 0 Å². The van der Waals surface area contributed by atoms with E-state index in [2.05, 4.69) is 43.5 Å². The van der Waals surface area contributed by atoms with E-state index in [9.17, 15) is 25.2 Å². The summed E-state index contributed by atoms with van der Waals surface area (Å²) in [5.41, 5.74) is 0. The number of amides is 1. The minimum absolute atomic E-state index is 0.356. The van der Waals surface area contributed by atoms with Gasteiger partial charge in [0, 0.05) is 0 Å². The molecule has 45 heavy (non-hydrogen) atoms. The molecule has 0 heterocycles. The number of aliphatic hydroxyl groups is 4. The van der Waals surface area contributed by atoms with Crippen molar-refractivity contribution in [2.75, 3.05) is 6.61 Å². The van der Waals surface area contributed by atoms with Gasteiger partial charge in [0.2, 0.25) is 5.91 Å². The van der Waals surface area contributed by atoms with Crippen molar-refractivity contribution >= 4 is 5.91 Å². The number of carbonyl (C=O) groups is 1. The van der Waals surface area contributed by atoms with Gasteiger partial charge in [-0.25, -0.2) is 0 Å². The first-order valence-corrected chi connectivity index (χ1v) is 19.2. The lowest BCUT2D eigenvalue weighted by atomic mass is 10.00. The molecule has 0 spiro atoms. The molecule has 0 bridgehead atoms. The molecule has 0 aliphatic rings. The van der Waals surface area contributed by atoms with E-state index < -0.39 is 36.9 Å². The lowest BCUT2D eigenvalue weighted by Crippen LogP contribution is -2.53. The second-order valence-corrected chi connectivity index (χ2v) is 13.3. The third kappa shape index (κ3) is 28.7. The zero-order valence-electron chi connectivity index (χ0n) is 29.6. The SMILES string of the molecule is CCCCCCCC/C=C/CCCC(O)C(O)C(CO)NC(=O)C(O)CCCCCCCC/C=C\CCCCCCCCCC. The van der Waals surface area contributed by atoms with Gasteiger partial charge in [-0.2, -0.15) is 0 Å². The molecule has 0 saturated heterocycles. The van der Waals surface area contributed by atoms with Crippen LogP contribution in [0.4, 0.5) is 0 Å². The second-order valence-electron chi connectivity index (χ2n) is 13.3. The summed E-state index contributed by atoms with van der Waals surface area (Å²) in [7, 11) is 0. The summed E-state index contributed by atoms with van der Waals surface area (Å²) in [6.07, 6.45) is 36.3. The van der Waals surface area contributed by atoms with Gasteiger partial charge in [0.1, 0.15) is 12.2 Å². The Labute approximate surface area is 278 Å². The molecule has 0 radical (unpaired) electrons. The predicted molar refractivity (Wildman–Crippen MR) is 191 cm³/mol. The summed E-state index contributed by atoms with van der Waals surface area (Å²) >= 11 is 0. The monoisotopic (exact) mass is 638 g/mol. The molecular formula is C39H75NO5. The molecule has 0 aliphatic heterocycles. The largest absolute Gasteiger partial charge is 0.394 e. The molecule has 5 N–H and O–H groups in total. The highest BCUT2D eigenvalue weighted by Crippen LogP contribution is 2.14. The molecule has 0 aromatic carbocycles. The van der Waals surface area contributed by atoms with Gasteiger partial charge in [-0.1, -0.05) is 147 Å². The van der Waals surface area contributed by atoms with E-state index in [0.29, 0.717) is 12.8 Å². The number of hydrogen-bond donors (Lipinski definition) is 5. The summed E-state index contributed by atoms with van der Waals surface area (Å²) in [5.74, 6) is -0.600. The van der Waals surface area contributed by atoms with Gasteiger partial charge in [0.25, 0.3) is 0 Å². The lowest BCUT2D eigenvalue weighted by Gasteiger charge is -2.27. The maximum Gasteiger partial charge on any atom is 0.249 e. The molecule has 0 aromatic rings. The van der Waals surface area contributed by atoms with Crippen molar-refractivity contribution in [3.8, 4) is 0 Å². The van der Waals surface area contributed by atoms with Crippen LogP contribution in [0.2, 0.25) is 0 Å². The maximum absolute atomic E-state index is 12.4. The summed E-state index contributed by atoms with van der Waals surface area (Å²) in [6, 6.07) is -1.00. The van der Waals surface area contributed by atoms with Gasteiger partial charge in [0.15, 0.2) is 0 Å². The smallest absolute Gasteiger partial charge is 0.249 e. The highest BCUT2D eigenvalue weighted by molar-refractivity contribution is 5.80. The standard InChI is InChI=1S/C39H75NO5/c1-3-5-7-9-11-13-15-16-17-18-19-20-21-23-25-27-29-31-33-37(43)39(45)40-35(34-41)38(44)36(42)32-30-28-26-24-22-14-12-10-8-6-4-2/h18-19,24,26,35-38,41-44H,3-17,20-23,25,27-34H2,1-2H3,(H,40,45)/b19-18-,26-24+. The zero-order valence-corrected chi connectivity index (χ0v) is 29.6. The van der Waals surface area contributed by atoms with Gasteiger partial charge in [0.05, 0.1) is 18.8 Å². The molecular weight excluding hydrogens is 562 g/mol. The fourth-order valence-electron chi connectivity index (χ4n) is 5.75. The van der Waals surface area contributed by atoms with E-state index in [4.69, 9.17) is 0 Å². The molecule has 6 nitrogen and oxygen atoms in total. The van der Waals surface area contributed by atoms with Crippen LogP contribution in [-0.2, 0) is 4.79 Å². The first-order chi connectivity index (χ1) is 22.0. The predicted octanol–water partition coefficient (Wildman–Crippen LogP) is 9.23. The van der Waals surface area contributed by atoms with Crippen molar-refractivity contribution in [2.24, 2.45) is 0 Å². The molecule has 266 valence electrons. The number of carbonyl (C=O) groups excluding carboxylic acids is 1. The Morgan fingerprint density at radius 3 is 1.33 bits per heavy atom. The van der Waals surface area contributed by atoms with Crippen LogP contribution in [0.5, 0.6) is 0 Å². The van der Waals surface area contributed by atoms with Crippen molar-refractivity contribution in [3.63, 3.8) is 0 Å². The average molecular weight is 638 g/mol. The third-order valence-corrected chi connectivity index (χ3v) is 8.88. The molecule has 0 aliphatic carbocycles. The number of nitrogens with one attached hydrogen (secondary N) is 1. The molecule has 0 saturated carbocycles. The first kappa shape index (κ1) is 43.8. The van der Waals surface area contributed by atoms with Gasteiger partial charge in [-0.3, -0.25) is 4.79 Å². The topological polar surface area (TPSA) is 110 Å². The van der Waals surface area contributed by atoms with Crippen LogP contribution in [0.15, 0.2) is 24.3 Å². The van der Waals surface area contributed by atoms with Gasteiger partial charge >= 0.3 is 0 Å². The quantitative estimate of drug-likeness (QED) is 0.0357. The number of aliphatic hydroxyl groups excluding tert-OH is 4. The van der Waals surface area contributed by atoms with Crippen LogP contribution in [0, 0.1) is 0 Å². The fourth-order valence-corrected chi connectivity index (χ4v) is 5.75. The Balaban J connectivity index is 3.82. The number of hydrogen-bond acceptors (Lipinski definition) is 5. The zero-order chi connectivity index (χ0) is 33.2. The Hall–Kier alpha value is -1.21. The highest BCUT2D eigenvalue weighted by Gasteiger charge is 2.28. The van der Waals surface area contributed by atoms with Crippen LogP contribution in [0.25, 0.3) is 0 Å². The molecule has 6 heteroatoms. The maximum atomic E-state index is 12.4. The number of allylic oxidation sites excluding steroid dienone is 4. The van der Waals surface area contributed by atoms with Gasteiger partial charge in [-0.15, -0.1) is 0 Å². The Morgan fingerprint density at radius 1 is 0.533 bits per heavy atom. The molecule has 0 aromatic heterocycles. The van der Waals surface area contributed by atoms with E-state index in [1.807, 2.05) is 0 Å². The van der Waals surface area contributed by atoms with Crippen molar-refractivity contribution in [1.82, 2.24) is 5.32 Å². The van der Waals surface area contributed by atoms with Crippen LogP contribution in [0.1, 0.15) is 187 Å². The summed E-state index contributed by atoms with van der Waals surface area (Å²) in [5, 5.41) is 43.4. The summed E-state index contributed by atoms with van der Waals surface area (Å²) < 4.78 is 0. The van der Waals surface area contributed by atoms with E-state index in [1.165, 1.54) is 116 Å².